The van der Waals surface area contributed by atoms with Crippen LogP contribution in [0.1, 0.15) is 25.7 Å². The van der Waals surface area contributed by atoms with Gasteiger partial charge in [-0.05, 0) is 25.7 Å². The number of carbonyl (C=O) groups is 2. The summed E-state index contributed by atoms with van der Waals surface area (Å²) in [7, 11) is 0. The van der Waals surface area contributed by atoms with Crippen molar-refractivity contribution in [1.82, 2.24) is 15.1 Å². The van der Waals surface area contributed by atoms with E-state index >= 15 is 0 Å². The zero-order valence-electron chi connectivity index (χ0n) is 12.2. The molecule has 7 nitrogen and oxygen atoms in total. The Kier molecular flexibility index (Phi) is 4.03. The van der Waals surface area contributed by atoms with Gasteiger partial charge in [-0.3, -0.25) is 4.90 Å². The van der Waals surface area contributed by atoms with Crippen LogP contribution in [-0.4, -0.2) is 77.9 Å². The summed E-state index contributed by atoms with van der Waals surface area (Å²) in [6.07, 6.45) is 2.89. The molecular formula is C14H23N3O4. The van der Waals surface area contributed by atoms with Gasteiger partial charge in [-0.1, -0.05) is 0 Å². The average molecular weight is 297 g/mol. The number of nitrogens with zero attached hydrogens (tertiary/aromatic N) is 2. The molecule has 118 valence electrons. The van der Waals surface area contributed by atoms with Crippen LogP contribution < -0.4 is 5.32 Å². The van der Waals surface area contributed by atoms with Crippen LogP contribution in [0.5, 0.6) is 0 Å². The SMILES string of the molecule is O=C(NC1(C(=O)O)CCC1)N1CCC(N2CCOCC2)C1. The van der Waals surface area contributed by atoms with E-state index < -0.39 is 11.5 Å². The average Bonchev–Trinajstić information content (AvgIpc) is 2.93. The molecule has 0 aromatic rings. The van der Waals surface area contributed by atoms with Crippen molar-refractivity contribution in [2.75, 3.05) is 39.4 Å². The molecule has 1 saturated carbocycles. The molecule has 1 atom stereocenters. The van der Waals surface area contributed by atoms with Gasteiger partial charge in [-0.2, -0.15) is 0 Å². The van der Waals surface area contributed by atoms with Crippen molar-refractivity contribution >= 4 is 12.0 Å². The number of carboxylic acid groups (broad SMARTS) is 1. The number of carboxylic acids is 1. The van der Waals surface area contributed by atoms with Crippen LogP contribution in [0.2, 0.25) is 0 Å². The van der Waals surface area contributed by atoms with Crippen LogP contribution in [0.15, 0.2) is 0 Å². The van der Waals surface area contributed by atoms with E-state index in [0.29, 0.717) is 32.0 Å². The molecule has 2 saturated heterocycles. The number of morpholine rings is 1. The second kappa shape index (κ2) is 5.81. The molecule has 0 bridgehead atoms. The lowest BCUT2D eigenvalue weighted by Crippen LogP contribution is -2.61. The lowest BCUT2D eigenvalue weighted by molar-refractivity contribution is -0.148. The lowest BCUT2D eigenvalue weighted by Gasteiger charge is -2.39. The summed E-state index contributed by atoms with van der Waals surface area (Å²) >= 11 is 0. The molecular weight excluding hydrogens is 274 g/mol. The Morgan fingerprint density at radius 1 is 1.19 bits per heavy atom. The van der Waals surface area contributed by atoms with E-state index in [1.807, 2.05) is 0 Å². The highest BCUT2D eigenvalue weighted by molar-refractivity contribution is 5.87. The highest BCUT2D eigenvalue weighted by Gasteiger charge is 2.47. The second-order valence-electron chi connectivity index (χ2n) is 6.21. The van der Waals surface area contributed by atoms with Crippen molar-refractivity contribution < 1.29 is 19.4 Å². The number of aliphatic carboxylic acids is 1. The Balaban J connectivity index is 1.53. The van der Waals surface area contributed by atoms with Gasteiger partial charge in [0, 0.05) is 32.2 Å². The Labute approximate surface area is 124 Å². The van der Waals surface area contributed by atoms with Crippen molar-refractivity contribution in [1.29, 1.82) is 0 Å². The predicted molar refractivity (Wildman–Crippen MR) is 75.1 cm³/mol. The minimum Gasteiger partial charge on any atom is -0.480 e. The number of likely N-dealkylation sites (tertiary alicyclic amines) is 1. The van der Waals surface area contributed by atoms with Gasteiger partial charge >= 0.3 is 12.0 Å². The number of urea groups is 1. The third kappa shape index (κ3) is 2.85. The number of hydrogen-bond donors (Lipinski definition) is 2. The molecule has 1 unspecified atom stereocenters. The summed E-state index contributed by atoms with van der Waals surface area (Å²) in [4.78, 5) is 27.7. The van der Waals surface area contributed by atoms with E-state index in [4.69, 9.17) is 4.74 Å². The highest BCUT2D eigenvalue weighted by atomic mass is 16.5. The molecule has 0 spiro atoms. The Morgan fingerprint density at radius 2 is 1.90 bits per heavy atom. The smallest absolute Gasteiger partial charge is 0.329 e. The van der Waals surface area contributed by atoms with Crippen LogP contribution in [-0.2, 0) is 9.53 Å². The maximum Gasteiger partial charge on any atom is 0.329 e. The first-order valence-corrected chi connectivity index (χ1v) is 7.73. The minimum atomic E-state index is -1.02. The van der Waals surface area contributed by atoms with Gasteiger partial charge < -0.3 is 20.1 Å². The van der Waals surface area contributed by atoms with Gasteiger partial charge in [0.1, 0.15) is 5.54 Å². The van der Waals surface area contributed by atoms with E-state index in [1.165, 1.54) is 0 Å². The standard InChI is InChI=1S/C14H23N3O4/c18-12(19)14(3-1-4-14)15-13(20)17-5-2-11(10-17)16-6-8-21-9-7-16/h11H,1-10H2,(H,15,20)(H,18,19). The minimum absolute atomic E-state index is 0.229. The van der Waals surface area contributed by atoms with Gasteiger partial charge in [0.2, 0.25) is 0 Å². The third-order valence-electron chi connectivity index (χ3n) is 4.98. The Hall–Kier alpha value is -1.34. The third-order valence-corrected chi connectivity index (χ3v) is 4.98. The van der Waals surface area contributed by atoms with Gasteiger partial charge in [-0.25, -0.2) is 9.59 Å². The molecule has 3 aliphatic rings. The van der Waals surface area contributed by atoms with Gasteiger partial charge in [-0.15, -0.1) is 0 Å². The predicted octanol–water partition coefficient (Wildman–Crippen LogP) is 0.110. The van der Waals surface area contributed by atoms with Crippen molar-refractivity contribution in [3.05, 3.63) is 0 Å². The fraction of sp³-hybridized carbons (Fsp3) is 0.857. The van der Waals surface area contributed by atoms with Crippen molar-refractivity contribution in [3.63, 3.8) is 0 Å². The van der Waals surface area contributed by atoms with E-state index in [2.05, 4.69) is 10.2 Å². The number of carbonyl (C=O) groups excluding carboxylic acids is 1. The first kappa shape index (κ1) is 14.6. The molecule has 1 aliphatic carbocycles. The largest absolute Gasteiger partial charge is 0.480 e. The van der Waals surface area contributed by atoms with Crippen LogP contribution in [0.4, 0.5) is 4.79 Å². The van der Waals surface area contributed by atoms with Gasteiger partial charge in [0.05, 0.1) is 13.2 Å². The Bertz CT molecular complexity index is 418. The summed E-state index contributed by atoms with van der Waals surface area (Å²) in [6, 6.07) is 0.148. The fourth-order valence-corrected chi connectivity index (χ4v) is 3.37. The van der Waals surface area contributed by atoms with Crippen LogP contribution in [0.3, 0.4) is 0 Å². The summed E-state index contributed by atoms with van der Waals surface area (Å²) < 4.78 is 5.35. The molecule has 3 fully saturated rings. The van der Waals surface area contributed by atoms with Crippen molar-refractivity contribution in [2.45, 2.75) is 37.3 Å². The number of amides is 2. The summed E-state index contributed by atoms with van der Waals surface area (Å²) in [5, 5.41) is 12.0. The summed E-state index contributed by atoms with van der Waals surface area (Å²) in [6.45, 7) is 4.72. The quantitative estimate of drug-likeness (QED) is 0.772. The molecule has 2 amide bonds. The highest BCUT2D eigenvalue weighted by Crippen LogP contribution is 2.32. The normalized spacial score (nSPS) is 29.0. The van der Waals surface area contributed by atoms with Crippen LogP contribution >= 0.6 is 0 Å². The lowest BCUT2D eigenvalue weighted by atomic mass is 9.77. The van der Waals surface area contributed by atoms with Gasteiger partial charge in [0.25, 0.3) is 0 Å². The van der Waals surface area contributed by atoms with Gasteiger partial charge in [0.15, 0.2) is 0 Å². The van der Waals surface area contributed by atoms with Crippen molar-refractivity contribution in [2.24, 2.45) is 0 Å². The number of nitrogens with one attached hydrogen (secondary N) is 1. The zero-order chi connectivity index (χ0) is 14.9. The molecule has 7 heteroatoms. The molecule has 2 aliphatic heterocycles. The Morgan fingerprint density at radius 3 is 2.48 bits per heavy atom. The van der Waals surface area contributed by atoms with E-state index in [9.17, 15) is 14.7 Å². The molecule has 2 N–H and O–H groups in total. The van der Waals surface area contributed by atoms with Crippen LogP contribution in [0, 0.1) is 0 Å². The van der Waals surface area contributed by atoms with E-state index in [0.717, 1.165) is 39.1 Å². The summed E-state index contributed by atoms with van der Waals surface area (Å²) in [5.41, 5.74) is -1.02. The molecule has 3 rings (SSSR count). The maximum atomic E-state index is 12.3. The molecule has 0 aromatic heterocycles. The van der Waals surface area contributed by atoms with Crippen molar-refractivity contribution in [3.8, 4) is 0 Å². The van der Waals surface area contributed by atoms with E-state index in [1.54, 1.807) is 4.90 Å². The van der Waals surface area contributed by atoms with E-state index in [-0.39, 0.29) is 6.03 Å². The molecule has 2 heterocycles. The molecule has 0 aromatic carbocycles. The molecule has 21 heavy (non-hydrogen) atoms. The maximum absolute atomic E-state index is 12.3. The zero-order valence-corrected chi connectivity index (χ0v) is 12.2. The topological polar surface area (TPSA) is 82.1 Å². The fourth-order valence-electron chi connectivity index (χ4n) is 3.37. The molecule has 0 radical (unpaired) electrons. The first-order valence-electron chi connectivity index (χ1n) is 7.73. The number of ether oxygens (including phenoxy) is 1. The van der Waals surface area contributed by atoms with Crippen LogP contribution in [0.25, 0.3) is 0 Å². The number of hydrogen-bond acceptors (Lipinski definition) is 4. The summed E-state index contributed by atoms with van der Waals surface area (Å²) in [5.74, 6) is -0.911. The number of rotatable bonds is 3. The monoisotopic (exact) mass is 297 g/mol. The first-order chi connectivity index (χ1) is 10.1. The second-order valence-corrected chi connectivity index (χ2v) is 6.21.